The molecule has 4 nitrogen and oxygen atoms in total. The van der Waals surface area contributed by atoms with Crippen molar-refractivity contribution >= 4 is 21.4 Å². The van der Waals surface area contributed by atoms with E-state index in [1.165, 1.54) is 30.6 Å². The van der Waals surface area contributed by atoms with Crippen LogP contribution in [0.1, 0.15) is 49.5 Å². The van der Waals surface area contributed by atoms with E-state index in [1.807, 2.05) is 6.92 Å². The van der Waals surface area contributed by atoms with Crippen molar-refractivity contribution in [2.24, 2.45) is 5.92 Å². The maximum atomic E-state index is 12.3. The van der Waals surface area contributed by atoms with Gasteiger partial charge in [0.2, 0.25) is 10.0 Å². The first kappa shape index (κ1) is 16.9. The van der Waals surface area contributed by atoms with Crippen molar-refractivity contribution in [2.45, 2.75) is 56.7 Å². The molecule has 0 bridgehead atoms. The number of rotatable bonds is 9. The van der Waals surface area contributed by atoms with Gasteiger partial charge >= 0.3 is 0 Å². The zero-order valence-electron chi connectivity index (χ0n) is 12.9. The van der Waals surface area contributed by atoms with Crippen LogP contribution in [0.25, 0.3) is 0 Å². The van der Waals surface area contributed by atoms with Crippen molar-refractivity contribution in [1.82, 2.24) is 10.0 Å². The minimum absolute atomic E-state index is 0.446. The van der Waals surface area contributed by atoms with Gasteiger partial charge in [-0.25, -0.2) is 13.1 Å². The second-order valence-corrected chi connectivity index (χ2v) is 8.96. The van der Waals surface area contributed by atoms with E-state index in [4.69, 9.17) is 0 Å². The van der Waals surface area contributed by atoms with Crippen LogP contribution < -0.4 is 10.0 Å². The van der Waals surface area contributed by atoms with Gasteiger partial charge in [0, 0.05) is 18.0 Å². The van der Waals surface area contributed by atoms with E-state index in [1.54, 1.807) is 6.07 Å². The lowest BCUT2D eigenvalue weighted by atomic mass is 9.83. The first-order chi connectivity index (χ1) is 10.0. The van der Waals surface area contributed by atoms with Gasteiger partial charge in [-0.05, 0) is 43.9 Å². The van der Waals surface area contributed by atoms with Gasteiger partial charge in [-0.3, -0.25) is 0 Å². The highest BCUT2D eigenvalue weighted by Crippen LogP contribution is 2.29. The van der Waals surface area contributed by atoms with Crippen molar-refractivity contribution < 1.29 is 8.42 Å². The van der Waals surface area contributed by atoms with Crippen LogP contribution in [-0.4, -0.2) is 21.5 Å². The fraction of sp³-hybridized carbons (Fsp3) is 0.733. The maximum Gasteiger partial charge on any atom is 0.250 e. The van der Waals surface area contributed by atoms with E-state index in [9.17, 15) is 8.42 Å². The van der Waals surface area contributed by atoms with E-state index in [2.05, 4.69) is 17.0 Å². The van der Waals surface area contributed by atoms with E-state index >= 15 is 0 Å². The Morgan fingerprint density at radius 2 is 2.10 bits per heavy atom. The molecule has 1 heterocycles. The Bertz CT molecular complexity index is 548. The van der Waals surface area contributed by atoms with Gasteiger partial charge in [0.1, 0.15) is 4.21 Å². The molecule has 0 radical (unpaired) electrons. The fourth-order valence-corrected chi connectivity index (χ4v) is 5.08. The molecule has 1 aliphatic rings. The third-order valence-corrected chi connectivity index (χ3v) is 7.22. The molecule has 0 aromatic carbocycles. The van der Waals surface area contributed by atoms with E-state index < -0.39 is 10.0 Å². The summed E-state index contributed by atoms with van der Waals surface area (Å²) in [5.41, 5.74) is 1.06. The summed E-state index contributed by atoms with van der Waals surface area (Å²) >= 11 is 1.38. The largest absolute Gasteiger partial charge is 0.312 e. The number of hydrogen-bond acceptors (Lipinski definition) is 4. The summed E-state index contributed by atoms with van der Waals surface area (Å²) in [5, 5.41) is 3.33. The molecule has 0 unspecified atom stereocenters. The summed E-state index contributed by atoms with van der Waals surface area (Å²) < 4.78 is 27.8. The normalized spacial score (nSPS) is 16.1. The van der Waals surface area contributed by atoms with Gasteiger partial charge in [-0.1, -0.05) is 26.2 Å². The van der Waals surface area contributed by atoms with E-state index in [-0.39, 0.29) is 0 Å². The second-order valence-electron chi connectivity index (χ2n) is 5.83. The third kappa shape index (κ3) is 4.77. The van der Waals surface area contributed by atoms with Gasteiger partial charge in [-0.2, -0.15) is 0 Å². The van der Waals surface area contributed by atoms with Crippen LogP contribution in [-0.2, 0) is 16.6 Å². The minimum Gasteiger partial charge on any atom is -0.312 e. The Labute approximate surface area is 132 Å². The predicted octanol–water partition coefficient (Wildman–Crippen LogP) is 3.02. The van der Waals surface area contributed by atoms with Gasteiger partial charge in [0.15, 0.2) is 0 Å². The van der Waals surface area contributed by atoms with Gasteiger partial charge in [-0.15, -0.1) is 11.3 Å². The number of nitrogens with one attached hydrogen (secondary N) is 2. The topological polar surface area (TPSA) is 58.2 Å². The third-order valence-electron chi connectivity index (χ3n) is 4.04. The highest BCUT2D eigenvalue weighted by molar-refractivity contribution is 7.91. The Morgan fingerprint density at radius 1 is 1.33 bits per heavy atom. The lowest BCUT2D eigenvalue weighted by molar-refractivity contribution is 0.297. The highest BCUT2D eigenvalue weighted by atomic mass is 32.2. The molecule has 0 amide bonds. The number of sulfonamides is 1. The monoisotopic (exact) mass is 330 g/mol. The lowest BCUT2D eigenvalue weighted by Crippen LogP contribution is -2.27. The van der Waals surface area contributed by atoms with Crippen LogP contribution in [0.5, 0.6) is 0 Å². The molecule has 21 heavy (non-hydrogen) atoms. The Hall–Kier alpha value is -0.430. The van der Waals surface area contributed by atoms with Gasteiger partial charge in [0.05, 0.1) is 0 Å². The maximum absolute atomic E-state index is 12.3. The Kier molecular flexibility index (Phi) is 6.22. The molecular formula is C15H26N2O2S2. The van der Waals surface area contributed by atoms with E-state index in [0.29, 0.717) is 10.8 Å². The average Bonchev–Trinajstić information content (AvgIpc) is 2.75. The molecule has 0 saturated heterocycles. The fourth-order valence-electron chi connectivity index (χ4n) is 2.43. The van der Waals surface area contributed by atoms with Crippen molar-refractivity contribution in [3.8, 4) is 0 Å². The summed E-state index contributed by atoms with van der Waals surface area (Å²) in [4.78, 5) is 1.11. The first-order valence-corrected chi connectivity index (χ1v) is 10.1. The van der Waals surface area contributed by atoms with Crippen molar-refractivity contribution in [1.29, 1.82) is 0 Å². The van der Waals surface area contributed by atoms with Crippen LogP contribution >= 0.6 is 11.3 Å². The van der Waals surface area contributed by atoms with Gasteiger partial charge in [0.25, 0.3) is 0 Å². The molecule has 1 aromatic rings. The molecular weight excluding hydrogens is 304 g/mol. The molecule has 1 saturated carbocycles. The highest BCUT2D eigenvalue weighted by Gasteiger charge is 2.21. The molecule has 1 aliphatic carbocycles. The van der Waals surface area contributed by atoms with Crippen molar-refractivity contribution in [3.63, 3.8) is 0 Å². The van der Waals surface area contributed by atoms with Crippen LogP contribution in [0.15, 0.2) is 10.3 Å². The predicted molar refractivity (Wildman–Crippen MR) is 88.2 cm³/mol. The van der Waals surface area contributed by atoms with Gasteiger partial charge < -0.3 is 5.32 Å². The molecule has 2 N–H and O–H groups in total. The summed E-state index contributed by atoms with van der Waals surface area (Å²) in [5.74, 6) is 0.728. The summed E-state index contributed by atoms with van der Waals surface area (Å²) in [6, 6.07) is 1.79. The van der Waals surface area contributed by atoms with Crippen molar-refractivity contribution in [2.75, 3.05) is 13.1 Å². The SMILES string of the molecule is CCCNCc1sc(S(=O)(=O)NCCC2CCC2)cc1C. The number of aryl methyl sites for hydroxylation is 1. The number of hydrogen-bond donors (Lipinski definition) is 2. The average molecular weight is 331 g/mol. The molecule has 1 fully saturated rings. The lowest BCUT2D eigenvalue weighted by Gasteiger charge is -2.24. The number of thiophene rings is 1. The van der Waals surface area contributed by atoms with Crippen LogP contribution in [0, 0.1) is 12.8 Å². The second kappa shape index (κ2) is 7.72. The zero-order valence-corrected chi connectivity index (χ0v) is 14.6. The minimum atomic E-state index is -3.33. The van der Waals surface area contributed by atoms with Crippen LogP contribution in [0.3, 0.4) is 0 Å². The Morgan fingerprint density at radius 3 is 2.71 bits per heavy atom. The molecule has 1 aromatic heterocycles. The molecule has 6 heteroatoms. The summed E-state index contributed by atoms with van der Waals surface area (Å²) in [6.07, 6.45) is 5.86. The quantitative estimate of drug-likeness (QED) is 0.684. The van der Waals surface area contributed by atoms with Crippen molar-refractivity contribution in [3.05, 3.63) is 16.5 Å². The smallest absolute Gasteiger partial charge is 0.250 e. The Balaban J connectivity index is 1.90. The van der Waals surface area contributed by atoms with Crippen LogP contribution in [0.4, 0.5) is 0 Å². The van der Waals surface area contributed by atoms with E-state index in [0.717, 1.165) is 42.3 Å². The zero-order chi connectivity index (χ0) is 15.3. The first-order valence-electron chi connectivity index (χ1n) is 7.82. The molecule has 0 spiro atoms. The molecule has 0 atom stereocenters. The molecule has 2 rings (SSSR count). The summed E-state index contributed by atoms with van der Waals surface area (Å²) in [7, 11) is -3.33. The molecule has 0 aliphatic heterocycles. The summed E-state index contributed by atoms with van der Waals surface area (Å²) in [6.45, 7) is 6.37. The molecule has 120 valence electrons. The standard InChI is InChI=1S/C15H26N2O2S2/c1-3-8-16-11-14-12(2)10-15(20-14)21(18,19)17-9-7-13-5-4-6-13/h10,13,16-17H,3-9,11H2,1-2H3. The van der Waals surface area contributed by atoms with Crippen LogP contribution in [0.2, 0.25) is 0 Å².